The van der Waals surface area contributed by atoms with Crippen LogP contribution in [0.4, 0.5) is 0 Å². The summed E-state index contributed by atoms with van der Waals surface area (Å²) in [6.45, 7) is 5.49. The fourth-order valence-corrected chi connectivity index (χ4v) is 3.42. The monoisotopic (exact) mass is 251 g/mol. The quantitative estimate of drug-likeness (QED) is 0.842. The zero-order chi connectivity index (χ0) is 12.3. The van der Waals surface area contributed by atoms with Crippen LogP contribution < -0.4 is 5.32 Å². The number of hydrogen-bond donors (Lipinski definition) is 2. The van der Waals surface area contributed by atoms with Crippen LogP contribution in [0, 0.1) is 5.92 Å². The lowest BCUT2D eigenvalue weighted by Gasteiger charge is -2.21. The first-order valence-electron chi connectivity index (χ1n) is 6.29. The molecule has 2 nitrogen and oxygen atoms in total. The van der Waals surface area contributed by atoms with Crippen LogP contribution in [0.3, 0.4) is 0 Å². The molecule has 1 aromatic rings. The molecule has 2 N–H and O–H groups in total. The fourth-order valence-electron chi connectivity index (χ4n) is 2.16. The number of fused-ring (bicyclic) bond motifs is 1. The summed E-state index contributed by atoms with van der Waals surface area (Å²) in [6.07, 6.45) is 1.14. The van der Waals surface area contributed by atoms with Crippen molar-refractivity contribution in [2.24, 2.45) is 5.92 Å². The molecule has 0 spiro atoms. The van der Waals surface area contributed by atoms with Crippen LogP contribution in [-0.2, 0) is 6.42 Å². The molecule has 1 heterocycles. The van der Waals surface area contributed by atoms with Crippen molar-refractivity contribution in [2.75, 3.05) is 13.2 Å². The van der Waals surface area contributed by atoms with E-state index >= 15 is 0 Å². The van der Waals surface area contributed by atoms with Crippen molar-refractivity contribution in [1.82, 2.24) is 5.32 Å². The molecule has 2 unspecified atom stereocenters. The standard InChI is InChI=1S/C14H21NOS/c1-10(2)13(9-16)15-8-12-7-11-5-3-4-6-14(11)17-12/h3-6,10,12-13,15-16H,7-9H2,1-2H3. The highest BCUT2D eigenvalue weighted by molar-refractivity contribution is 8.00. The van der Waals surface area contributed by atoms with Gasteiger partial charge in [-0.15, -0.1) is 11.8 Å². The van der Waals surface area contributed by atoms with Crippen LogP contribution in [0.2, 0.25) is 0 Å². The molecule has 1 aliphatic heterocycles. The Kier molecular flexibility index (Phi) is 4.48. The highest BCUT2D eigenvalue weighted by atomic mass is 32.2. The molecule has 0 bridgehead atoms. The predicted octanol–water partition coefficient (Wildman–Crippen LogP) is 2.31. The smallest absolute Gasteiger partial charge is 0.0587 e. The first-order chi connectivity index (χ1) is 8.20. The Bertz CT molecular complexity index is 342. The van der Waals surface area contributed by atoms with Crippen LogP contribution in [0.15, 0.2) is 29.2 Å². The number of rotatable bonds is 5. The molecule has 2 atom stereocenters. The van der Waals surface area contributed by atoms with Gasteiger partial charge in [0.05, 0.1) is 6.61 Å². The summed E-state index contributed by atoms with van der Waals surface area (Å²) in [6, 6.07) is 8.85. The minimum absolute atomic E-state index is 0.222. The summed E-state index contributed by atoms with van der Waals surface area (Å²) in [5.41, 5.74) is 1.47. The summed E-state index contributed by atoms with van der Waals surface area (Å²) in [5.74, 6) is 0.480. The lowest BCUT2D eigenvalue weighted by atomic mass is 10.0. The van der Waals surface area contributed by atoms with Gasteiger partial charge in [-0.2, -0.15) is 0 Å². The maximum atomic E-state index is 9.27. The summed E-state index contributed by atoms with van der Waals surface area (Å²) in [7, 11) is 0. The van der Waals surface area contributed by atoms with E-state index in [1.165, 1.54) is 10.5 Å². The van der Waals surface area contributed by atoms with Crippen LogP contribution in [0.1, 0.15) is 19.4 Å². The van der Waals surface area contributed by atoms with E-state index in [2.05, 4.69) is 43.4 Å². The van der Waals surface area contributed by atoms with E-state index < -0.39 is 0 Å². The third-order valence-electron chi connectivity index (χ3n) is 3.32. The largest absolute Gasteiger partial charge is 0.395 e. The third kappa shape index (κ3) is 3.24. The van der Waals surface area contributed by atoms with Crippen molar-refractivity contribution in [3.8, 4) is 0 Å². The van der Waals surface area contributed by atoms with Crippen molar-refractivity contribution >= 4 is 11.8 Å². The maximum absolute atomic E-state index is 9.27. The summed E-state index contributed by atoms with van der Waals surface area (Å²) in [5, 5.41) is 13.4. The van der Waals surface area contributed by atoms with Gasteiger partial charge in [-0.05, 0) is 24.0 Å². The minimum Gasteiger partial charge on any atom is -0.395 e. The van der Waals surface area contributed by atoms with Gasteiger partial charge in [-0.1, -0.05) is 32.0 Å². The zero-order valence-electron chi connectivity index (χ0n) is 10.5. The first kappa shape index (κ1) is 12.9. The number of thioether (sulfide) groups is 1. The highest BCUT2D eigenvalue weighted by Crippen LogP contribution is 2.36. The van der Waals surface area contributed by atoms with Gasteiger partial charge >= 0.3 is 0 Å². The van der Waals surface area contributed by atoms with Crippen LogP contribution in [0.25, 0.3) is 0 Å². The van der Waals surface area contributed by atoms with Crippen molar-refractivity contribution < 1.29 is 5.11 Å². The lowest BCUT2D eigenvalue weighted by Crippen LogP contribution is -2.40. The van der Waals surface area contributed by atoms with Crippen molar-refractivity contribution in [3.63, 3.8) is 0 Å². The second-order valence-electron chi connectivity index (χ2n) is 4.99. The van der Waals surface area contributed by atoms with Crippen LogP contribution in [0.5, 0.6) is 0 Å². The Morgan fingerprint density at radius 2 is 2.18 bits per heavy atom. The average Bonchev–Trinajstić information content (AvgIpc) is 2.71. The number of benzene rings is 1. The minimum atomic E-state index is 0.222. The molecule has 0 saturated carbocycles. The number of aliphatic hydroxyl groups excluding tert-OH is 1. The molecule has 3 heteroatoms. The molecule has 2 rings (SSSR count). The van der Waals surface area contributed by atoms with Gasteiger partial charge < -0.3 is 10.4 Å². The summed E-state index contributed by atoms with van der Waals surface area (Å²) < 4.78 is 0. The van der Waals surface area contributed by atoms with Crippen LogP contribution in [-0.4, -0.2) is 29.5 Å². The normalized spacial score (nSPS) is 20.6. The van der Waals surface area contributed by atoms with E-state index in [-0.39, 0.29) is 12.6 Å². The van der Waals surface area contributed by atoms with E-state index in [0.29, 0.717) is 11.2 Å². The molecule has 17 heavy (non-hydrogen) atoms. The topological polar surface area (TPSA) is 32.3 Å². The van der Waals surface area contributed by atoms with Crippen LogP contribution >= 0.6 is 11.8 Å². The van der Waals surface area contributed by atoms with Gasteiger partial charge in [0.25, 0.3) is 0 Å². The predicted molar refractivity (Wildman–Crippen MR) is 73.5 cm³/mol. The van der Waals surface area contributed by atoms with Gasteiger partial charge in [0.2, 0.25) is 0 Å². The van der Waals surface area contributed by atoms with Gasteiger partial charge in [0.15, 0.2) is 0 Å². The second kappa shape index (κ2) is 5.89. The molecule has 94 valence electrons. The molecule has 0 saturated heterocycles. The van der Waals surface area contributed by atoms with Gasteiger partial charge in [-0.3, -0.25) is 0 Å². The summed E-state index contributed by atoms with van der Waals surface area (Å²) in [4.78, 5) is 1.42. The van der Waals surface area contributed by atoms with E-state index in [9.17, 15) is 5.11 Å². The third-order valence-corrected chi connectivity index (χ3v) is 4.64. The lowest BCUT2D eigenvalue weighted by molar-refractivity contribution is 0.211. The Morgan fingerprint density at radius 1 is 1.41 bits per heavy atom. The van der Waals surface area contributed by atoms with Gasteiger partial charge in [0, 0.05) is 22.7 Å². The zero-order valence-corrected chi connectivity index (χ0v) is 11.3. The Labute approximate surface area is 108 Å². The second-order valence-corrected chi connectivity index (χ2v) is 6.34. The van der Waals surface area contributed by atoms with Gasteiger partial charge in [0.1, 0.15) is 0 Å². The molecule has 0 amide bonds. The first-order valence-corrected chi connectivity index (χ1v) is 7.17. The Balaban J connectivity index is 1.84. The number of nitrogens with one attached hydrogen (secondary N) is 1. The summed E-state index contributed by atoms with van der Waals surface area (Å²) >= 11 is 1.96. The number of hydrogen-bond acceptors (Lipinski definition) is 3. The van der Waals surface area contributed by atoms with E-state index in [1.54, 1.807) is 0 Å². The Morgan fingerprint density at radius 3 is 2.82 bits per heavy atom. The molecule has 1 aromatic carbocycles. The molecular formula is C14H21NOS. The van der Waals surface area contributed by atoms with Crippen molar-refractivity contribution in [1.29, 1.82) is 0 Å². The average molecular weight is 251 g/mol. The van der Waals surface area contributed by atoms with E-state index in [0.717, 1.165) is 13.0 Å². The molecule has 0 aromatic heterocycles. The number of aliphatic hydroxyl groups is 1. The maximum Gasteiger partial charge on any atom is 0.0587 e. The fraction of sp³-hybridized carbons (Fsp3) is 0.571. The van der Waals surface area contributed by atoms with E-state index in [4.69, 9.17) is 0 Å². The van der Waals surface area contributed by atoms with Crippen molar-refractivity contribution in [2.45, 2.75) is 36.5 Å². The van der Waals surface area contributed by atoms with Gasteiger partial charge in [-0.25, -0.2) is 0 Å². The molecule has 0 aliphatic carbocycles. The Hall–Kier alpha value is -0.510. The van der Waals surface area contributed by atoms with E-state index in [1.807, 2.05) is 11.8 Å². The molecule has 0 radical (unpaired) electrons. The molecule has 1 aliphatic rings. The molecule has 0 fully saturated rings. The van der Waals surface area contributed by atoms with Crippen molar-refractivity contribution in [3.05, 3.63) is 29.8 Å². The SMILES string of the molecule is CC(C)C(CO)NCC1Cc2ccccc2S1. The molecular weight excluding hydrogens is 230 g/mol. The highest BCUT2D eigenvalue weighted by Gasteiger charge is 2.22.